The van der Waals surface area contributed by atoms with Crippen LogP contribution in [0.3, 0.4) is 0 Å². The fraction of sp³-hybridized carbons (Fsp3) is 0.545. The van der Waals surface area contributed by atoms with E-state index in [1.165, 1.54) is 18.5 Å². The second-order valence-corrected chi connectivity index (χ2v) is 4.06. The van der Waals surface area contributed by atoms with Gasteiger partial charge in [0.1, 0.15) is 0 Å². The average Bonchev–Trinajstić information content (AvgIpc) is 2.92. The number of nitrogens with zero attached hydrogens (tertiary/aromatic N) is 1. The number of primary amides is 1. The molecule has 2 rings (SSSR count). The third-order valence-corrected chi connectivity index (χ3v) is 2.67. The average molecular weight is 207 g/mol. The molecule has 0 bridgehead atoms. The Morgan fingerprint density at radius 3 is 3.07 bits per heavy atom. The van der Waals surface area contributed by atoms with Crippen molar-refractivity contribution >= 4 is 5.91 Å². The molecule has 1 saturated carbocycles. The second-order valence-electron chi connectivity index (χ2n) is 4.06. The van der Waals surface area contributed by atoms with Crippen LogP contribution in [-0.4, -0.2) is 16.5 Å². The van der Waals surface area contributed by atoms with Crippen molar-refractivity contribution < 1.29 is 4.79 Å². The summed E-state index contributed by atoms with van der Waals surface area (Å²) in [6.45, 7) is 1.57. The fourth-order valence-corrected chi connectivity index (χ4v) is 1.60. The molecular formula is C11H17N3O. The maximum atomic E-state index is 10.7. The molecule has 15 heavy (non-hydrogen) atoms. The predicted octanol–water partition coefficient (Wildman–Crippen LogP) is 0.615. The number of hydrogen-bond acceptors (Lipinski definition) is 2. The lowest BCUT2D eigenvalue weighted by molar-refractivity contribution is -0.118. The van der Waals surface area contributed by atoms with E-state index in [4.69, 9.17) is 5.73 Å². The van der Waals surface area contributed by atoms with Crippen molar-refractivity contribution in [1.29, 1.82) is 0 Å². The number of carbonyl (C=O) groups is 1. The van der Waals surface area contributed by atoms with Gasteiger partial charge in [0.05, 0.1) is 0 Å². The normalized spacial score (nSPS) is 15.5. The number of aromatic nitrogens is 1. The van der Waals surface area contributed by atoms with Crippen LogP contribution in [0.4, 0.5) is 0 Å². The summed E-state index contributed by atoms with van der Waals surface area (Å²) in [7, 11) is 0. The highest BCUT2D eigenvalue weighted by Crippen LogP contribution is 2.19. The first kappa shape index (κ1) is 10.2. The van der Waals surface area contributed by atoms with Crippen LogP contribution >= 0.6 is 0 Å². The Morgan fingerprint density at radius 2 is 2.40 bits per heavy atom. The molecule has 1 heterocycles. The molecule has 1 amide bonds. The first-order valence-electron chi connectivity index (χ1n) is 5.41. The number of rotatable bonds is 6. The molecule has 0 aliphatic heterocycles. The lowest BCUT2D eigenvalue weighted by atomic mass is 10.3. The number of hydrogen-bond donors (Lipinski definition) is 2. The first-order chi connectivity index (χ1) is 7.25. The van der Waals surface area contributed by atoms with Crippen molar-refractivity contribution in [3.8, 4) is 0 Å². The molecule has 0 aromatic carbocycles. The van der Waals surface area contributed by atoms with Gasteiger partial charge in [-0.3, -0.25) is 4.79 Å². The van der Waals surface area contributed by atoms with Gasteiger partial charge in [-0.15, -0.1) is 0 Å². The number of aryl methyl sites for hydroxylation is 1. The quantitative estimate of drug-likeness (QED) is 0.718. The van der Waals surface area contributed by atoms with E-state index >= 15 is 0 Å². The maximum Gasteiger partial charge on any atom is 0.219 e. The van der Waals surface area contributed by atoms with Gasteiger partial charge in [0.15, 0.2) is 0 Å². The third-order valence-electron chi connectivity index (χ3n) is 2.67. The number of nitrogens with two attached hydrogens (primary N) is 1. The fourth-order valence-electron chi connectivity index (χ4n) is 1.60. The molecule has 0 atom stereocenters. The van der Waals surface area contributed by atoms with Crippen molar-refractivity contribution in [2.75, 3.05) is 0 Å². The van der Waals surface area contributed by atoms with Crippen LogP contribution in [0, 0.1) is 0 Å². The van der Waals surface area contributed by atoms with Gasteiger partial charge < -0.3 is 15.6 Å². The van der Waals surface area contributed by atoms with Crippen LogP contribution in [0.5, 0.6) is 0 Å². The molecule has 1 fully saturated rings. The summed E-state index contributed by atoms with van der Waals surface area (Å²) >= 11 is 0. The Kier molecular flexibility index (Phi) is 3.06. The molecule has 0 spiro atoms. The van der Waals surface area contributed by atoms with Gasteiger partial charge in [-0.25, -0.2) is 0 Å². The zero-order valence-corrected chi connectivity index (χ0v) is 8.78. The van der Waals surface area contributed by atoms with E-state index in [1.54, 1.807) is 0 Å². The molecule has 4 nitrogen and oxygen atoms in total. The van der Waals surface area contributed by atoms with Crippen LogP contribution in [0.1, 0.15) is 25.0 Å². The molecule has 1 aromatic rings. The Balaban J connectivity index is 1.85. The predicted molar refractivity (Wildman–Crippen MR) is 58.1 cm³/mol. The Morgan fingerprint density at radius 1 is 1.60 bits per heavy atom. The van der Waals surface area contributed by atoms with E-state index < -0.39 is 0 Å². The summed E-state index contributed by atoms with van der Waals surface area (Å²) in [6.07, 6.45) is 4.99. The molecular weight excluding hydrogens is 190 g/mol. The van der Waals surface area contributed by atoms with Gasteiger partial charge in [-0.2, -0.15) is 0 Å². The van der Waals surface area contributed by atoms with Crippen LogP contribution in [-0.2, 0) is 17.9 Å². The lowest BCUT2D eigenvalue weighted by Gasteiger charge is -2.08. The van der Waals surface area contributed by atoms with Crippen molar-refractivity contribution in [2.45, 2.75) is 38.4 Å². The minimum absolute atomic E-state index is 0.246. The van der Waals surface area contributed by atoms with Crippen molar-refractivity contribution in [2.24, 2.45) is 5.73 Å². The summed E-state index contributed by atoms with van der Waals surface area (Å²) in [4.78, 5) is 10.7. The van der Waals surface area contributed by atoms with Crippen molar-refractivity contribution in [3.05, 3.63) is 24.0 Å². The highest BCUT2D eigenvalue weighted by molar-refractivity contribution is 5.73. The third kappa shape index (κ3) is 3.09. The Hall–Kier alpha value is -1.29. The largest absolute Gasteiger partial charge is 0.370 e. The lowest BCUT2D eigenvalue weighted by Crippen LogP contribution is -2.19. The van der Waals surface area contributed by atoms with Crippen molar-refractivity contribution in [3.63, 3.8) is 0 Å². The smallest absolute Gasteiger partial charge is 0.219 e. The summed E-state index contributed by atoms with van der Waals surface area (Å²) in [5, 5.41) is 3.45. The van der Waals surface area contributed by atoms with E-state index in [9.17, 15) is 4.79 Å². The minimum Gasteiger partial charge on any atom is -0.370 e. The molecule has 82 valence electrons. The van der Waals surface area contributed by atoms with Crippen LogP contribution in [0.15, 0.2) is 18.3 Å². The SMILES string of the molecule is NC(=O)CCn1cccc1CNC1CC1. The summed E-state index contributed by atoms with van der Waals surface area (Å²) in [6, 6.07) is 4.80. The van der Waals surface area contributed by atoms with E-state index in [0.29, 0.717) is 19.0 Å². The van der Waals surface area contributed by atoms with Gasteiger partial charge in [0, 0.05) is 37.4 Å². The van der Waals surface area contributed by atoms with Gasteiger partial charge >= 0.3 is 0 Å². The molecule has 0 saturated heterocycles. The van der Waals surface area contributed by atoms with Crippen LogP contribution < -0.4 is 11.1 Å². The molecule has 0 radical (unpaired) electrons. The summed E-state index contributed by atoms with van der Waals surface area (Å²) < 4.78 is 2.08. The standard InChI is InChI=1S/C11H17N3O/c12-11(15)5-7-14-6-1-2-10(14)8-13-9-3-4-9/h1-2,6,9,13H,3-5,7-8H2,(H2,12,15). The van der Waals surface area contributed by atoms with E-state index in [0.717, 1.165) is 6.54 Å². The van der Waals surface area contributed by atoms with Gasteiger partial charge in [-0.05, 0) is 25.0 Å². The minimum atomic E-state index is -0.246. The molecule has 1 aliphatic rings. The Bertz CT molecular complexity index is 341. The van der Waals surface area contributed by atoms with E-state index in [-0.39, 0.29) is 5.91 Å². The topological polar surface area (TPSA) is 60.1 Å². The molecule has 1 aliphatic carbocycles. The molecule has 0 unspecified atom stereocenters. The number of nitrogens with one attached hydrogen (secondary N) is 1. The summed E-state index contributed by atoms with van der Waals surface area (Å²) in [5.74, 6) is -0.246. The highest BCUT2D eigenvalue weighted by Gasteiger charge is 2.20. The zero-order chi connectivity index (χ0) is 10.7. The number of carbonyl (C=O) groups excluding carboxylic acids is 1. The Labute approximate surface area is 89.5 Å². The molecule has 1 aromatic heterocycles. The summed E-state index contributed by atoms with van der Waals surface area (Å²) in [5.41, 5.74) is 6.35. The van der Waals surface area contributed by atoms with Crippen LogP contribution in [0.2, 0.25) is 0 Å². The van der Waals surface area contributed by atoms with E-state index in [2.05, 4.69) is 16.0 Å². The van der Waals surface area contributed by atoms with Gasteiger partial charge in [-0.1, -0.05) is 0 Å². The molecule has 4 heteroatoms. The highest BCUT2D eigenvalue weighted by atomic mass is 16.1. The zero-order valence-electron chi connectivity index (χ0n) is 8.78. The monoisotopic (exact) mass is 207 g/mol. The number of amides is 1. The van der Waals surface area contributed by atoms with Crippen LogP contribution in [0.25, 0.3) is 0 Å². The maximum absolute atomic E-state index is 10.7. The second kappa shape index (κ2) is 4.49. The molecule has 3 N–H and O–H groups in total. The van der Waals surface area contributed by atoms with E-state index in [1.807, 2.05) is 12.3 Å². The van der Waals surface area contributed by atoms with Crippen molar-refractivity contribution in [1.82, 2.24) is 9.88 Å². The first-order valence-corrected chi connectivity index (χ1v) is 5.41. The van der Waals surface area contributed by atoms with Gasteiger partial charge in [0.2, 0.25) is 5.91 Å². The van der Waals surface area contributed by atoms with Gasteiger partial charge in [0.25, 0.3) is 0 Å².